The van der Waals surface area contributed by atoms with Gasteiger partial charge in [-0.05, 0) is 20.8 Å². The number of aryl methyl sites for hydroxylation is 3. The molecule has 0 saturated heterocycles. The number of alkyl halides is 3. The zero-order valence-corrected chi connectivity index (χ0v) is 13.2. The van der Waals surface area contributed by atoms with Crippen molar-refractivity contribution in [2.24, 2.45) is 7.05 Å². The zero-order valence-electron chi connectivity index (χ0n) is 13.2. The smallest absolute Gasteiger partial charge is 0.430 e. The Labute approximate surface area is 130 Å². The Hall–Kier alpha value is -2.32. The summed E-state index contributed by atoms with van der Waals surface area (Å²) in [6.07, 6.45) is -4.58. The summed E-state index contributed by atoms with van der Waals surface area (Å²) in [5.41, 5.74) is 0.294. The molecule has 0 aliphatic carbocycles. The summed E-state index contributed by atoms with van der Waals surface area (Å²) >= 11 is 0. The molecule has 0 bridgehead atoms. The summed E-state index contributed by atoms with van der Waals surface area (Å²) in [5, 5.41) is 7.81. The van der Waals surface area contributed by atoms with Gasteiger partial charge in [0.2, 0.25) is 6.10 Å². The van der Waals surface area contributed by atoms with Gasteiger partial charge in [0.15, 0.2) is 0 Å². The molecule has 1 atom stereocenters. The first-order valence-corrected chi connectivity index (χ1v) is 6.95. The number of nitrogens with zero attached hydrogens (tertiary/aromatic N) is 4. The van der Waals surface area contributed by atoms with Gasteiger partial charge in [-0.2, -0.15) is 23.4 Å². The van der Waals surface area contributed by atoms with E-state index in [1.54, 1.807) is 6.92 Å². The standard InChI is InChI=1S/C14H17F3N4O2/c1-5-21-7-10(6-18-21)13(22)23-12(14(15,16)17)11-8(2)19-20(4)9(11)3/h6-7,12H,5H2,1-4H3. The van der Waals surface area contributed by atoms with Crippen LogP contribution in [0.15, 0.2) is 12.4 Å². The molecule has 0 amide bonds. The van der Waals surface area contributed by atoms with E-state index in [-0.39, 0.29) is 16.8 Å². The van der Waals surface area contributed by atoms with Gasteiger partial charge in [-0.25, -0.2) is 4.79 Å². The van der Waals surface area contributed by atoms with Crippen molar-refractivity contribution in [3.63, 3.8) is 0 Å². The summed E-state index contributed by atoms with van der Waals surface area (Å²) in [6, 6.07) is 0. The maximum Gasteiger partial charge on any atom is 0.430 e. The molecule has 2 heterocycles. The van der Waals surface area contributed by atoms with Crippen LogP contribution in [0, 0.1) is 13.8 Å². The Morgan fingerprint density at radius 1 is 1.39 bits per heavy atom. The van der Waals surface area contributed by atoms with Crippen LogP contribution in [0.5, 0.6) is 0 Å². The fraction of sp³-hybridized carbons (Fsp3) is 0.500. The minimum absolute atomic E-state index is 0.0275. The van der Waals surface area contributed by atoms with E-state index in [1.807, 2.05) is 0 Å². The third-order valence-electron chi connectivity index (χ3n) is 3.54. The van der Waals surface area contributed by atoms with Crippen molar-refractivity contribution in [1.29, 1.82) is 0 Å². The normalized spacial score (nSPS) is 13.2. The van der Waals surface area contributed by atoms with Crippen LogP contribution in [0.2, 0.25) is 0 Å². The molecule has 9 heteroatoms. The average molecular weight is 330 g/mol. The quantitative estimate of drug-likeness (QED) is 0.809. The molecule has 2 rings (SSSR count). The van der Waals surface area contributed by atoms with Crippen molar-refractivity contribution in [3.8, 4) is 0 Å². The molecular weight excluding hydrogens is 313 g/mol. The second kappa shape index (κ2) is 6.05. The van der Waals surface area contributed by atoms with E-state index in [1.165, 1.54) is 42.7 Å². The summed E-state index contributed by atoms with van der Waals surface area (Å²) in [6.45, 7) is 5.24. The third-order valence-corrected chi connectivity index (χ3v) is 3.54. The maximum atomic E-state index is 13.4. The Bertz CT molecular complexity index is 718. The lowest BCUT2D eigenvalue weighted by Crippen LogP contribution is -2.27. The van der Waals surface area contributed by atoms with Crippen molar-refractivity contribution in [1.82, 2.24) is 19.6 Å². The van der Waals surface area contributed by atoms with Crippen LogP contribution in [0.3, 0.4) is 0 Å². The third kappa shape index (κ3) is 3.38. The minimum Gasteiger partial charge on any atom is -0.444 e. The maximum absolute atomic E-state index is 13.4. The van der Waals surface area contributed by atoms with Gasteiger partial charge in [-0.3, -0.25) is 9.36 Å². The highest BCUT2D eigenvalue weighted by Gasteiger charge is 2.47. The van der Waals surface area contributed by atoms with Crippen LogP contribution in [-0.2, 0) is 18.3 Å². The fourth-order valence-electron chi connectivity index (χ4n) is 2.28. The first-order chi connectivity index (χ1) is 10.6. The molecule has 0 fully saturated rings. The first-order valence-electron chi connectivity index (χ1n) is 6.95. The highest BCUT2D eigenvalue weighted by atomic mass is 19.4. The van der Waals surface area contributed by atoms with Gasteiger partial charge >= 0.3 is 12.1 Å². The van der Waals surface area contributed by atoms with E-state index >= 15 is 0 Å². The summed E-state index contributed by atoms with van der Waals surface area (Å²) in [5.74, 6) is -1.07. The molecule has 0 aliphatic rings. The number of hydrogen-bond donors (Lipinski definition) is 0. The van der Waals surface area contributed by atoms with E-state index < -0.39 is 18.2 Å². The van der Waals surface area contributed by atoms with E-state index in [2.05, 4.69) is 10.2 Å². The van der Waals surface area contributed by atoms with Gasteiger partial charge in [-0.15, -0.1) is 0 Å². The molecule has 2 aromatic heterocycles. The average Bonchev–Trinajstić information content (AvgIpc) is 3.02. The Morgan fingerprint density at radius 3 is 2.48 bits per heavy atom. The van der Waals surface area contributed by atoms with Crippen LogP contribution >= 0.6 is 0 Å². The number of ether oxygens (including phenoxy) is 1. The predicted octanol–water partition coefficient (Wildman–Crippen LogP) is 2.71. The molecule has 1 unspecified atom stereocenters. The van der Waals surface area contributed by atoms with E-state index in [9.17, 15) is 18.0 Å². The van der Waals surface area contributed by atoms with E-state index in [0.717, 1.165) is 0 Å². The lowest BCUT2D eigenvalue weighted by atomic mass is 10.1. The number of hydrogen-bond acceptors (Lipinski definition) is 4. The lowest BCUT2D eigenvalue weighted by molar-refractivity contribution is -0.207. The number of rotatable bonds is 4. The van der Waals surface area contributed by atoms with Crippen LogP contribution in [0.4, 0.5) is 13.2 Å². The number of halogens is 3. The van der Waals surface area contributed by atoms with Gasteiger partial charge in [0.1, 0.15) is 0 Å². The van der Waals surface area contributed by atoms with Crippen molar-refractivity contribution in [2.45, 2.75) is 39.6 Å². The predicted molar refractivity (Wildman–Crippen MR) is 74.8 cm³/mol. The molecule has 6 nitrogen and oxygen atoms in total. The Balaban J connectivity index is 2.35. The van der Waals surface area contributed by atoms with Gasteiger partial charge in [0.05, 0.1) is 17.5 Å². The van der Waals surface area contributed by atoms with Gasteiger partial charge in [-0.1, -0.05) is 0 Å². The molecule has 0 N–H and O–H groups in total. The van der Waals surface area contributed by atoms with Crippen LogP contribution in [0.1, 0.15) is 40.3 Å². The summed E-state index contributed by atoms with van der Waals surface area (Å²) in [7, 11) is 1.53. The van der Waals surface area contributed by atoms with Crippen molar-refractivity contribution >= 4 is 5.97 Å². The molecule has 0 spiro atoms. The van der Waals surface area contributed by atoms with Gasteiger partial charge in [0.25, 0.3) is 0 Å². The second-order valence-corrected chi connectivity index (χ2v) is 5.12. The summed E-state index contributed by atoms with van der Waals surface area (Å²) < 4.78 is 47.7. The van der Waals surface area contributed by atoms with Crippen molar-refractivity contribution in [2.75, 3.05) is 0 Å². The molecule has 0 aliphatic heterocycles. The molecule has 0 aromatic carbocycles. The number of carbonyl (C=O) groups is 1. The highest BCUT2D eigenvalue weighted by Crippen LogP contribution is 2.39. The Morgan fingerprint density at radius 2 is 2.04 bits per heavy atom. The summed E-state index contributed by atoms with van der Waals surface area (Å²) in [4.78, 5) is 12.0. The van der Waals surface area contributed by atoms with Crippen LogP contribution in [-0.4, -0.2) is 31.7 Å². The molecule has 2 aromatic rings. The SMILES string of the molecule is CCn1cc(C(=O)OC(c2c(C)nn(C)c2C)C(F)(F)F)cn1. The molecular formula is C14H17F3N4O2. The van der Waals surface area contributed by atoms with Crippen molar-refractivity contribution < 1.29 is 22.7 Å². The van der Waals surface area contributed by atoms with Crippen LogP contribution in [0.25, 0.3) is 0 Å². The van der Waals surface area contributed by atoms with Gasteiger partial charge < -0.3 is 4.74 Å². The fourth-order valence-corrected chi connectivity index (χ4v) is 2.28. The Kier molecular flexibility index (Phi) is 4.49. The number of aromatic nitrogens is 4. The van der Waals surface area contributed by atoms with Crippen molar-refractivity contribution in [3.05, 3.63) is 34.9 Å². The molecule has 23 heavy (non-hydrogen) atoms. The molecule has 0 saturated carbocycles. The topological polar surface area (TPSA) is 61.9 Å². The largest absolute Gasteiger partial charge is 0.444 e. The lowest BCUT2D eigenvalue weighted by Gasteiger charge is -2.21. The second-order valence-electron chi connectivity index (χ2n) is 5.12. The molecule has 126 valence electrons. The van der Waals surface area contributed by atoms with Crippen LogP contribution < -0.4 is 0 Å². The molecule has 0 radical (unpaired) electrons. The number of esters is 1. The van der Waals surface area contributed by atoms with Gasteiger partial charge in [0, 0.05) is 31.0 Å². The highest BCUT2D eigenvalue weighted by molar-refractivity contribution is 5.89. The monoisotopic (exact) mass is 330 g/mol. The number of carbonyl (C=O) groups excluding carboxylic acids is 1. The first kappa shape index (κ1) is 17.0. The van der Waals surface area contributed by atoms with E-state index in [4.69, 9.17) is 4.74 Å². The minimum atomic E-state index is -4.74. The zero-order chi connectivity index (χ0) is 17.4. The van der Waals surface area contributed by atoms with E-state index in [0.29, 0.717) is 12.2 Å².